The zero-order chi connectivity index (χ0) is 14.4. The van der Waals surface area contributed by atoms with Crippen LogP contribution in [0, 0.1) is 6.92 Å². The number of rotatable bonds is 2. The lowest BCUT2D eigenvalue weighted by molar-refractivity contribution is -0.119. The molecular weight excluding hydrogens is 272 g/mol. The van der Waals surface area contributed by atoms with E-state index >= 15 is 0 Å². The number of carbonyl (C=O) groups is 1. The molecule has 0 amide bonds. The van der Waals surface area contributed by atoms with Crippen LogP contribution in [-0.2, 0) is 17.6 Å². The third-order valence-electron chi connectivity index (χ3n) is 4.17. The maximum Gasteiger partial charge on any atom is 0.263 e. The molecule has 2 aromatic heterocycles. The third-order valence-corrected chi connectivity index (χ3v) is 5.36. The molecule has 106 valence electrons. The van der Waals surface area contributed by atoms with Crippen molar-refractivity contribution in [3.05, 3.63) is 26.6 Å². The number of thiophene rings is 1. The van der Waals surface area contributed by atoms with E-state index in [4.69, 9.17) is 0 Å². The van der Waals surface area contributed by atoms with Gasteiger partial charge >= 0.3 is 0 Å². The van der Waals surface area contributed by atoms with Gasteiger partial charge in [-0.15, -0.1) is 11.3 Å². The summed E-state index contributed by atoms with van der Waals surface area (Å²) in [5, 5.41) is 0.753. The molecule has 0 N–H and O–H groups in total. The lowest BCUT2D eigenvalue weighted by Crippen LogP contribution is -2.30. The zero-order valence-electron chi connectivity index (χ0n) is 12.0. The molecule has 0 aromatic carbocycles. The van der Waals surface area contributed by atoms with Crippen molar-refractivity contribution in [2.75, 3.05) is 0 Å². The highest BCUT2D eigenvalue weighted by molar-refractivity contribution is 7.18. The van der Waals surface area contributed by atoms with Crippen molar-refractivity contribution < 1.29 is 4.79 Å². The van der Waals surface area contributed by atoms with Crippen LogP contribution in [0.3, 0.4) is 0 Å². The molecule has 1 aliphatic rings. The van der Waals surface area contributed by atoms with Crippen LogP contribution in [0.4, 0.5) is 0 Å². The minimum atomic E-state index is -0.446. The van der Waals surface area contributed by atoms with E-state index in [0.717, 1.165) is 29.5 Å². The largest absolute Gasteiger partial charge is 0.298 e. The van der Waals surface area contributed by atoms with E-state index in [0.29, 0.717) is 5.82 Å². The van der Waals surface area contributed by atoms with E-state index in [9.17, 15) is 9.59 Å². The predicted octanol–water partition coefficient (Wildman–Crippen LogP) is 2.80. The van der Waals surface area contributed by atoms with Crippen LogP contribution < -0.4 is 5.56 Å². The Labute approximate surface area is 121 Å². The lowest BCUT2D eigenvalue weighted by atomic mass is 9.97. The first-order chi connectivity index (χ1) is 9.50. The minimum Gasteiger partial charge on any atom is -0.298 e. The van der Waals surface area contributed by atoms with Gasteiger partial charge < -0.3 is 0 Å². The van der Waals surface area contributed by atoms with Gasteiger partial charge in [-0.2, -0.15) is 0 Å². The summed E-state index contributed by atoms with van der Waals surface area (Å²) in [6.07, 6.45) is 4.34. The molecule has 2 heterocycles. The van der Waals surface area contributed by atoms with Crippen molar-refractivity contribution in [3.63, 3.8) is 0 Å². The summed E-state index contributed by atoms with van der Waals surface area (Å²) in [4.78, 5) is 31.2. The van der Waals surface area contributed by atoms with Crippen LogP contribution >= 0.6 is 11.3 Å². The van der Waals surface area contributed by atoms with Crippen molar-refractivity contribution in [3.8, 4) is 0 Å². The summed E-state index contributed by atoms with van der Waals surface area (Å²) >= 11 is 1.65. The Bertz CT molecular complexity index is 757. The molecule has 0 aliphatic heterocycles. The van der Waals surface area contributed by atoms with E-state index in [1.165, 1.54) is 23.8 Å². The molecule has 4 nitrogen and oxygen atoms in total. The maximum atomic E-state index is 12.8. The van der Waals surface area contributed by atoms with Crippen molar-refractivity contribution in [2.24, 2.45) is 0 Å². The molecule has 2 aromatic rings. The second kappa shape index (κ2) is 4.81. The Morgan fingerprint density at radius 2 is 2.05 bits per heavy atom. The first kappa shape index (κ1) is 13.5. The molecule has 0 saturated heterocycles. The molecular formula is C15H18N2O2S. The second-order valence-corrected chi connectivity index (χ2v) is 6.60. The van der Waals surface area contributed by atoms with Gasteiger partial charge in [0, 0.05) is 4.88 Å². The highest BCUT2D eigenvalue weighted by Crippen LogP contribution is 2.34. The zero-order valence-corrected chi connectivity index (χ0v) is 12.8. The van der Waals surface area contributed by atoms with E-state index in [-0.39, 0.29) is 11.3 Å². The summed E-state index contributed by atoms with van der Waals surface area (Å²) in [7, 11) is 0. The Hall–Kier alpha value is -1.49. The Balaban J connectivity index is 2.33. The topological polar surface area (TPSA) is 52.0 Å². The number of nitrogens with zero attached hydrogens (tertiary/aromatic N) is 2. The lowest BCUT2D eigenvalue weighted by Gasteiger charge is -2.15. The number of aromatic nitrogens is 2. The molecule has 0 saturated carbocycles. The van der Waals surface area contributed by atoms with E-state index in [2.05, 4.69) is 4.98 Å². The molecule has 1 aliphatic carbocycles. The number of fused-ring (bicyclic) bond motifs is 3. The van der Waals surface area contributed by atoms with Gasteiger partial charge in [0.2, 0.25) is 0 Å². The average molecular weight is 290 g/mol. The Morgan fingerprint density at radius 3 is 2.75 bits per heavy atom. The van der Waals surface area contributed by atoms with Crippen molar-refractivity contribution in [2.45, 2.75) is 52.5 Å². The van der Waals surface area contributed by atoms with Gasteiger partial charge in [-0.25, -0.2) is 4.98 Å². The first-order valence-corrected chi connectivity index (χ1v) is 7.86. The average Bonchev–Trinajstić information content (AvgIpc) is 2.76. The summed E-state index contributed by atoms with van der Waals surface area (Å²) in [6, 6.07) is -0.446. The monoisotopic (exact) mass is 290 g/mol. The molecule has 5 heteroatoms. The van der Waals surface area contributed by atoms with Gasteiger partial charge in [0.05, 0.1) is 11.4 Å². The summed E-state index contributed by atoms with van der Waals surface area (Å²) in [6.45, 7) is 5.09. The molecule has 1 atom stereocenters. The minimum absolute atomic E-state index is 0.0135. The first-order valence-electron chi connectivity index (χ1n) is 7.04. The molecule has 1 unspecified atom stereocenters. The van der Waals surface area contributed by atoms with Crippen LogP contribution in [0.5, 0.6) is 0 Å². The number of hydrogen-bond donors (Lipinski definition) is 0. The van der Waals surface area contributed by atoms with Gasteiger partial charge in [-0.05, 0) is 52.0 Å². The number of carbonyl (C=O) groups excluding carboxylic acids is 1. The smallest absolute Gasteiger partial charge is 0.263 e. The maximum absolute atomic E-state index is 12.8. The van der Waals surface area contributed by atoms with Gasteiger partial charge in [0.15, 0.2) is 5.78 Å². The van der Waals surface area contributed by atoms with Crippen LogP contribution in [0.1, 0.15) is 49.0 Å². The highest BCUT2D eigenvalue weighted by atomic mass is 32.1. The van der Waals surface area contributed by atoms with Gasteiger partial charge in [0.1, 0.15) is 10.7 Å². The van der Waals surface area contributed by atoms with E-state index in [1.807, 2.05) is 0 Å². The van der Waals surface area contributed by atoms with Gasteiger partial charge in [0.25, 0.3) is 5.56 Å². The summed E-state index contributed by atoms with van der Waals surface area (Å²) in [5.74, 6) is 0.615. The van der Waals surface area contributed by atoms with E-state index < -0.39 is 6.04 Å². The summed E-state index contributed by atoms with van der Waals surface area (Å²) < 4.78 is 1.55. The summed E-state index contributed by atoms with van der Waals surface area (Å²) in [5.41, 5.74) is 1.13. The molecule has 3 rings (SSSR count). The second-order valence-electron chi connectivity index (χ2n) is 5.51. The number of hydrogen-bond acceptors (Lipinski definition) is 4. The van der Waals surface area contributed by atoms with Gasteiger partial charge in [-0.1, -0.05) is 0 Å². The number of ketones is 1. The normalized spacial score (nSPS) is 16.1. The standard InChI is InChI=1S/C15H18N2O2S/c1-8(9(2)18)17-10(3)16-14-13(15(17)19)11-6-4-5-7-12(11)20-14/h8H,4-7H2,1-3H3. The Morgan fingerprint density at radius 1 is 1.35 bits per heavy atom. The van der Waals surface area contributed by atoms with E-state index in [1.54, 1.807) is 29.8 Å². The number of Topliss-reactive ketones (excluding diaryl/α,β-unsaturated/α-hetero) is 1. The number of aryl methyl sites for hydroxylation is 3. The van der Waals surface area contributed by atoms with Crippen LogP contribution in [0.15, 0.2) is 4.79 Å². The quantitative estimate of drug-likeness (QED) is 0.854. The fourth-order valence-electron chi connectivity index (χ4n) is 2.96. The van der Waals surface area contributed by atoms with Crippen LogP contribution in [0.25, 0.3) is 10.2 Å². The predicted molar refractivity (Wildman–Crippen MR) is 80.7 cm³/mol. The SMILES string of the molecule is CC(=O)C(C)n1c(C)nc2sc3c(c2c1=O)CCCC3. The molecule has 0 spiro atoms. The molecule has 0 bridgehead atoms. The molecule has 0 radical (unpaired) electrons. The fourth-order valence-corrected chi connectivity index (χ4v) is 4.25. The Kier molecular flexibility index (Phi) is 3.24. The third kappa shape index (κ3) is 1.92. The van der Waals surface area contributed by atoms with Crippen LogP contribution in [-0.4, -0.2) is 15.3 Å². The van der Waals surface area contributed by atoms with Crippen LogP contribution in [0.2, 0.25) is 0 Å². The fraction of sp³-hybridized carbons (Fsp3) is 0.533. The van der Waals surface area contributed by atoms with Crippen molar-refractivity contribution >= 4 is 27.3 Å². The highest BCUT2D eigenvalue weighted by Gasteiger charge is 2.23. The van der Waals surface area contributed by atoms with Crippen molar-refractivity contribution in [1.82, 2.24) is 9.55 Å². The van der Waals surface area contributed by atoms with Gasteiger partial charge in [-0.3, -0.25) is 14.2 Å². The molecule has 20 heavy (non-hydrogen) atoms. The molecule has 0 fully saturated rings. The van der Waals surface area contributed by atoms with Crippen molar-refractivity contribution in [1.29, 1.82) is 0 Å².